The molecule has 0 saturated heterocycles. The first-order valence-corrected chi connectivity index (χ1v) is 5.67. The van der Waals surface area contributed by atoms with Gasteiger partial charge in [-0.2, -0.15) is 5.26 Å². The van der Waals surface area contributed by atoms with Gasteiger partial charge < -0.3 is 15.2 Å². The van der Waals surface area contributed by atoms with Crippen molar-refractivity contribution in [3.63, 3.8) is 0 Å². The largest absolute Gasteiger partial charge is 0.493 e. The van der Waals surface area contributed by atoms with E-state index in [2.05, 4.69) is 0 Å². The molecule has 1 amide bonds. The molecule has 5 nitrogen and oxygen atoms in total. The summed E-state index contributed by atoms with van der Waals surface area (Å²) in [6.45, 7) is 5.90. The highest BCUT2D eigenvalue weighted by Crippen LogP contribution is 2.29. The minimum absolute atomic E-state index is 0.0778. The first kappa shape index (κ1) is 13.8. The smallest absolute Gasteiger partial charge is 0.252 e. The molecule has 0 aliphatic rings. The van der Waals surface area contributed by atoms with Crippen molar-refractivity contribution in [2.45, 2.75) is 26.9 Å². The molecule has 0 bridgehead atoms. The summed E-state index contributed by atoms with van der Waals surface area (Å²) in [6, 6.07) is 4.90. The SMILES string of the molecule is CCOc1cc(OC(C)C)c(C#N)cc1C(N)=O. The molecule has 0 aliphatic heterocycles. The predicted molar refractivity (Wildman–Crippen MR) is 66.6 cm³/mol. The maximum atomic E-state index is 11.3. The summed E-state index contributed by atoms with van der Waals surface area (Å²) in [5.41, 5.74) is 5.70. The van der Waals surface area contributed by atoms with Gasteiger partial charge in [-0.3, -0.25) is 4.79 Å². The van der Waals surface area contributed by atoms with Crippen molar-refractivity contribution >= 4 is 5.91 Å². The molecule has 1 aromatic carbocycles. The number of amides is 1. The zero-order valence-electron chi connectivity index (χ0n) is 10.7. The molecule has 0 radical (unpaired) electrons. The summed E-state index contributed by atoms with van der Waals surface area (Å²) in [7, 11) is 0. The van der Waals surface area contributed by atoms with E-state index < -0.39 is 5.91 Å². The minimum Gasteiger partial charge on any atom is -0.493 e. The van der Waals surface area contributed by atoms with Crippen molar-refractivity contribution in [2.75, 3.05) is 6.61 Å². The van der Waals surface area contributed by atoms with Crippen LogP contribution >= 0.6 is 0 Å². The zero-order chi connectivity index (χ0) is 13.7. The fourth-order valence-corrected chi connectivity index (χ4v) is 1.47. The van der Waals surface area contributed by atoms with Crippen LogP contribution in [0, 0.1) is 11.3 Å². The predicted octanol–water partition coefficient (Wildman–Crippen LogP) is 1.84. The number of hydrogen-bond acceptors (Lipinski definition) is 4. The summed E-state index contributed by atoms with van der Waals surface area (Å²) in [5.74, 6) is 0.0895. The molecule has 5 heteroatoms. The molecule has 0 spiro atoms. The highest BCUT2D eigenvalue weighted by atomic mass is 16.5. The van der Waals surface area contributed by atoms with Gasteiger partial charge in [0.05, 0.1) is 23.8 Å². The van der Waals surface area contributed by atoms with Crippen LogP contribution in [-0.2, 0) is 0 Å². The Kier molecular flexibility index (Phi) is 4.55. The third kappa shape index (κ3) is 3.14. The molecule has 96 valence electrons. The number of nitriles is 1. The van der Waals surface area contributed by atoms with Crippen LogP contribution in [-0.4, -0.2) is 18.6 Å². The van der Waals surface area contributed by atoms with Crippen molar-refractivity contribution in [3.05, 3.63) is 23.3 Å². The molecule has 0 saturated carbocycles. The maximum Gasteiger partial charge on any atom is 0.252 e. The fourth-order valence-electron chi connectivity index (χ4n) is 1.47. The molecule has 0 aliphatic carbocycles. The molecule has 0 heterocycles. The average molecular weight is 248 g/mol. The Morgan fingerprint density at radius 3 is 2.56 bits per heavy atom. The zero-order valence-corrected chi connectivity index (χ0v) is 10.7. The number of primary amides is 1. The number of ether oxygens (including phenoxy) is 2. The Labute approximate surface area is 106 Å². The second kappa shape index (κ2) is 5.92. The van der Waals surface area contributed by atoms with Crippen molar-refractivity contribution in [3.8, 4) is 17.6 Å². The lowest BCUT2D eigenvalue weighted by atomic mass is 10.1. The van der Waals surface area contributed by atoms with Crippen LogP contribution in [0.1, 0.15) is 36.7 Å². The molecule has 1 aromatic rings. The number of hydrogen-bond donors (Lipinski definition) is 1. The average Bonchev–Trinajstić information content (AvgIpc) is 2.28. The number of benzene rings is 1. The van der Waals surface area contributed by atoms with Crippen LogP contribution in [0.2, 0.25) is 0 Å². The van der Waals surface area contributed by atoms with Gasteiger partial charge in [0.1, 0.15) is 17.6 Å². The van der Waals surface area contributed by atoms with Gasteiger partial charge in [0.15, 0.2) is 0 Å². The van der Waals surface area contributed by atoms with Gasteiger partial charge in [-0.1, -0.05) is 0 Å². The standard InChI is InChI=1S/C13H16N2O3/c1-4-17-12-6-11(18-8(2)3)9(7-14)5-10(12)13(15)16/h5-6,8H,4H2,1-3H3,(H2,15,16). The Morgan fingerprint density at radius 1 is 1.44 bits per heavy atom. The lowest BCUT2D eigenvalue weighted by molar-refractivity contribution is 0.0996. The minimum atomic E-state index is -0.633. The van der Waals surface area contributed by atoms with Crippen molar-refractivity contribution < 1.29 is 14.3 Å². The summed E-state index contributed by atoms with van der Waals surface area (Å²) in [6.07, 6.45) is -0.0778. The fraction of sp³-hybridized carbons (Fsp3) is 0.385. The van der Waals surface area contributed by atoms with Crippen LogP contribution < -0.4 is 15.2 Å². The van der Waals surface area contributed by atoms with E-state index in [0.717, 1.165) is 0 Å². The normalized spacial score (nSPS) is 9.94. The lowest BCUT2D eigenvalue weighted by Crippen LogP contribution is -2.14. The Hall–Kier alpha value is -2.22. The molecule has 18 heavy (non-hydrogen) atoms. The van der Waals surface area contributed by atoms with Crippen molar-refractivity contribution in [1.82, 2.24) is 0 Å². The number of carbonyl (C=O) groups is 1. The first-order chi connectivity index (χ1) is 8.49. The third-order valence-corrected chi connectivity index (χ3v) is 2.13. The van der Waals surface area contributed by atoms with Crippen molar-refractivity contribution in [2.24, 2.45) is 5.73 Å². The summed E-state index contributed by atoms with van der Waals surface area (Å²) >= 11 is 0. The van der Waals surface area contributed by atoms with Gasteiger partial charge in [-0.25, -0.2) is 0 Å². The van der Waals surface area contributed by atoms with Gasteiger partial charge in [0.25, 0.3) is 5.91 Å². The molecule has 0 aromatic heterocycles. The van der Waals surface area contributed by atoms with Gasteiger partial charge in [-0.05, 0) is 26.8 Å². The Morgan fingerprint density at radius 2 is 2.11 bits per heavy atom. The topological polar surface area (TPSA) is 85.3 Å². The number of nitrogens with zero attached hydrogens (tertiary/aromatic N) is 1. The Bertz CT molecular complexity index is 490. The van der Waals surface area contributed by atoms with Gasteiger partial charge in [-0.15, -0.1) is 0 Å². The van der Waals surface area contributed by atoms with Gasteiger partial charge in [0, 0.05) is 6.07 Å². The molecule has 2 N–H and O–H groups in total. The van der Waals surface area contributed by atoms with Gasteiger partial charge >= 0.3 is 0 Å². The third-order valence-electron chi connectivity index (χ3n) is 2.13. The van der Waals surface area contributed by atoms with E-state index in [1.54, 1.807) is 6.92 Å². The molecule has 0 unspecified atom stereocenters. The summed E-state index contributed by atoms with van der Waals surface area (Å²) in [4.78, 5) is 11.3. The van der Waals surface area contributed by atoms with E-state index in [1.165, 1.54) is 12.1 Å². The number of rotatable bonds is 5. The van der Waals surface area contributed by atoms with Crippen LogP contribution in [0.15, 0.2) is 12.1 Å². The van der Waals surface area contributed by atoms with Crippen LogP contribution in [0.3, 0.4) is 0 Å². The van der Waals surface area contributed by atoms with Gasteiger partial charge in [0.2, 0.25) is 0 Å². The number of carbonyl (C=O) groups excluding carboxylic acids is 1. The molecule has 0 fully saturated rings. The second-order valence-electron chi connectivity index (χ2n) is 3.92. The highest BCUT2D eigenvalue weighted by Gasteiger charge is 2.16. The quantitative estimate of drug-likeness (QED) is 0.861. The van der Waals surface area contributed by atoms with E-state index in [1.807, 2.05) is 19.9 Å². The first-order valence-electron chi connectivity index (χ1n) is 5.67. The molecule has 1 rings (SSSR count). The number of nitrogens with two attached hydrogens (primary N) is 1. The van der Waals surface area contributed by atoms with E-state index in [4.69, 9.17) is 20.5 Å². The van der Waals surface area contributed by atoms with E-state index in [9.17, 15) is 4.79 Å². The lowest BCUT2D eigenvalue weighted by Gasteiger charge is -2.14. The van der Waals surface area contributed by atoms with Crippen LogP contribution in [0.25, 0.3) is 0 Å². The molecule has 0 atom stereocenters. The van der Waals surface area contributed by atoms with E-state index >= 15 is 0 Å². The monoisotopic (exact) mass is 248 g/mol. The van der Waals surface area contributed by atoms with E-state index in [-0.39, 0.29) is 17.2 Å². The molecular weight excluding hydrogens is 232 g/mol. The highest BCUT2D eigenvalue weighted by molar-refractivity contribution is 5.96. The van der Waals surface area contributed by atoms with Crippen molar-refractivity contribution in [1.29, 1.82) is 5.26 Å². The Balaban J connectivity index is 3.32. The van der Waals surface area contributed by atoms with Crippen LogP contribution in [0.5, 0.6) is 11.5 Å². The summed E-state index contributed by atoms with van der Waals surface area (Å²) in [5, 5.41) is 9.04. The summed E-state index contributed by atoms with van der Waals surface area (Å²) < 4.78 is 10.8. The van der Waals surface area contributed by atoms with Crippen LogP contribution in [0.4, 0.5) is 0 Å². The maximum absolute atomic E-state index is 11.3. The second-order valence-corrected chi connectivity index (χ2v) is 3.92. The molecular formula is C13H16N2O3. The van der Waals surface area contributed by atoms with E-state index in [0.29, 0.717) is 18.1 Å².